The van der Waals surface area contributed by atoms with Crippen molar-refractivity contribution < 1.29 is 9.13 Å². The Bertz CT molecular complexity index is 721. The number of hydrogen-bond donors (Lipinski definition) is 1. The van der Waals surface area contributed by atoms with Crippen LogP contribution in [0.1, 0.15) is 20.3 Å². The largest absolute Gasteiger partial charge is 0.461 e. The molecule has 2 aliphatic rings. The van der Waals surface area contributed by atoms with Crippen molar-refractivity contribution in [3.63, 3.8) is 0 Å². The van der Waals surface area contributed by atoms with Crippen molar-refractivity contribution in [2.75, 3.05) is 18.5 Å². The smallest absolute Gasteiger partial charge is 0.135 e. The Balaban J connectivity index is 1.70. The minimum absolute atomic E-state index is 0.216. The lowest BCUT2D eigenvalue weighted by atomic mass is 9.94. The molecule has 4 nitrogen and oxygen atoms in total. The summed E-state index contributed by atoms with van der Waals surface area (Å²) < 4.78 is 19.1. The van der Waals surface area contributed by atoms with Gasteiger partial charge in [-0.15, -0.1) is 0 Å². The highest BCUT2D eigenvalue weighted by molar-refractivity contribution is 6.03. The van der Waals surface area contributed by atoms with Gasteiger partial charge in [-0.1, -0.05) is 24.6 Å². The zero-order valence-corrected chi connectivity index (χ0v) is 14.0. The molecule has 2 heterocycles. The molecule has 0 amide bonds. The summed E-state index contributed by atoms with van der Waals surface area (Å²) in [6, 6.07) is 3.57. The topological polar surface area (TPSA) is 46.5 Å². The predicted octanol–water partition coefficient (Wildman–Crippen LogP) is 4.30. The number of amidine groups is 1. The minimum atomic E-state index is -0.424. The van der Waals surface area contributed by atoms with E-state index in [1.54, 1.807) is 18.3 Å². The molecular formula is C19H22FN3O. The number of pyridine rings is 1. The molecule has 2 atom stereocenters. The van der Waals surface area contributed by atoms with Crippen LogP contribution in [0.3, 0.4) is 0 Å². The lowest BCUT2D eigenvalue weighted by molar-refractivity contribution is 0.290. The maximum atomic E-state index is 13.2. The quantitative estimate of drug-likeness (QED) is 0.897. The molecule has 0 spiro atoms. The summed E-state index contributed by atoms with van der Waals surface area (Å²) >= 11 is 0. The average Bonchev–Trinajstić information content (AvgIpc) is 2.59. The number of allylic oxidation sites excluding steroid dienone is 4. The molecule has 2 unspecified atom stereocenters. The molecule has 0 fully saturated rings. The number of nitrogens with zero attached hydrogens (tertiary/aromatic N) is 2. The van der Waals surface area contributed by atoms with E-state index in [4.69, 9.17) is 4.74 Å². The van der Waals surface area contributed by atoms with Crippen LogP contribution in [0.2, 0.25) is 0 Å². The number of ether oxygens (including phenoxy) is 1. The summed E-state index contributed by atoms with van der Waals surface area (Å²) in [6.45, 7) is 4.47. The number of hydrogen-bond acceptors (Lipinski definition) is 4. The first-order valence-corrected chi connectivity index (χ1v) is 8.21. The van der Waals surface area contributed by atoms with Crippen molar-refractivity contribution in [3.05, 3.63) is 54.0 Å². The lowest BCUT2D eigenvalue weighted by Crippen LogP contribution is -2.17. The molecule has 5 heteroatoms. The number of alkyl halides is 1. The highest BCUT2D eigenvalue weighted by atomic mass is 19.1. The fourth-order valence-electron chi connectivity index (χ4n) is 2.67. The van der Waals surface area contributed by atoms with E-state index in [0.717, 1.165) is 12.4 Å². The van der Waals surface area contributed by atoms with E-state index < -0.39 is 6.67 Å². The third-order valence-corrected chi connectivity index (χ3v) is 4.04. The van der Waals surface area contributed by atoms with E-state index >= 15 is 0 Å². The average molecular weight is 327 g/mol. The van der Waals surface area contributed by atoms with E-state index in [9.17, 15) is 4.39 Å². The highest BCUT2D eigenvalue weighted by Crippen LogP contribution is 2.28. The molecule has 1 aliphatic heterocycles. The van der Waals surface area contributed by atoms with Gasteiger partial charge in [0.1, 0.15) is 23.2 Å². The molecule has 0 saturated heterocycles. The SMILES string of the molecule is CC1=CC=C(Oc2ccnc(NC3=NCC(C)C=C3)c2)C(CF)C1. The molecular weight excluding hydrogens is 305 g/mol. The van der Waals surface area contributed by atoms with Gasteiger partial charge in [0, 0.05) is 24.7 Å². The van der Waals surface area contributed by atoms with Crippen LogP contribution in [0.25, 0.3) is 0 Å². The maximum Gasteiger partial charge on any atom is 0.135 e. The van der Waals surface area contributed by atoms with Crippen molar-refractivity contribution in [2.45, 2.75) is 20.3 Å². The Hall–Kier alpha value is -2.43. The third kappa shape index (κ3) is 4.10. The maximum absolute atomic E-state index is 13.2. The van der Waals surface area contributed by atoms with Crippen molar-refractivity contribution in [1.29, 1.82) is 0 Å². The fourth-order valence-corrected chi connectivity index (χ4v) is 2.67. The van der Waals surface area contributed by atoms with Crippen molar-refractivity contribution in [1.82, 2.24) is 4.98 Å². The van der Waals surface area contributed by atoms with Gasteiger partial charge in [-0.3, -0.25) is 9.38 Å². The second-order valence-electron chi connectivity index (χ2n) is 6.30. The fraction of sp³-hybridized carbons (Fsp3) is 0.368. The van der Waals surface area contributed by atoms with E-state index in [-0.39, 0.29) is 5.92 Å². The monoisotopic (exact) mass is 327 g/mol. The normalized spacial score (nSPS) is 23.2. The zero-order valence-electron chi connectivity index (χ0n) is 14.0. The summed E-state index contributed by atoms with van der Waals surface area (Å²) in [5.74, 6) is 2.99. The summed E-state index contributed by atoms with van der Waals surface area (Å²) in [5, 5.41) is 3.18. The summed E-state index contributed by atoms with van der Waals surface area (Å²) in [6.07, 6.45) is 10.3. The van der Waals surface area contributed by atoms with Crippen LogP contribution in [-0.2, 0) is 0 Å². The summed E-state index contributed by atoms with van der Waals surface area (Å²) in [7, 11) is 0. The number of rotatable bonds is 4. The van der Waals surface area contributed by atoms with Gasteiger partial charge < -0.3 is 10.1 Å². The lowest BCUT2D eigenvalue weighted by Gasteiger charge is -2.21. The zero-order chi connectivity index (χ0) is 16.9. The Morgan fingerprint density at radius 2 is 2.25 bits per heavy atom. The van der Waals surface area contributed by atoms with Gasteiger partial charge in [-0.2, -0.15) is 0 Å². The minimum Gasteiger partial charge on any atom is -0.461 e. The number of aromatic nitrogens is 1. The number of halogens is 1. The molecule has 24 heavy (non-hydrogen) atoms. The van der Waals surface area contributed by atoms with Crippen LogP contribution in [0.5, 0.6) is 5.75 Å². The van der Waals surface area contributed by atoms with Crippen LogP contribution in [0.15, 0.2) is 59.0 Å². The molecule has 0 bridgehead atoms. The highest BCUT2D eigenvalue weighted by Gasteiger charge is 2.20. The van der Waals surface area contributed by atoms with Gasteiger partial charge in [0.25, 0.3) is 0 Å². The first-order valence-electron chi connectivity index (χ1n) is 8.21. The van der Waals surface area contributed by atoms with Gasteiger partial charge in [0.15, 0.2) is 0 Å². The van der Waals surface area contributed by atoms with Gasteiger partial charge >= 0.3 is 0 Å². The number of dihydropyridines is 1. The molecule has 0 radical (unpaired) electrons. The van der Waals surface area contributed by atoms with Crippen molar-refractivity contribution >= 4 is 11.7 Å². The predicted molar refractivity (Wildman–Crippen MR) is 95.0 cm³/mol. The molecule has 0 aromatic carbocycles. The van der Waals surface area contributed by atoms with E-state index in [2.05, 4.69) is 28.3 Å². The Morgan fingerprint density at radius 1 is 1.38 bits per heavy atom. The summed E-state index contributed by atoms with van der Waals surface area (Å²) in [4.78, 5) is 8.74. The first kappa shape index (κ1) is 16.4. The van der Waals surface area contributed by atoms with Gasteiger partial charge in [-0.05, 0) is 37.5 Å². The van der Waals surface area contributed by atoms with Crippen LogP contribution in [0.4, 0.5) is 10.2 Å². The van der Waals surface area contributed by atoms with E-state index in [0.29, 0.717) is 29.7 Å². The van der Waals surface area contributed by atoms with Crippen LogP contribution >= 0.6 is 0 Å². The molecule has 0 saturated carbocycles. The number of nitrogens with one attached hydrogen (secondary N) is 1. The molecule has 1 aromatic rings. The van der Waals surface area contributed by atoms with Crippen LogP contribution in [-0.4, -0.2) is 24.0 Å². The van der Waals surface area contributed by atoms with E-state index in [1.165, 1.54) is 5.57 Å². The van der Waals surface area contributed by atoms with Crippen LogP contribution in [0, 0.1) is 11.8 Å². The second-order valence-corrected chi connectivity index (χ2v) is 6.30. The second kappa shape index (κ2) is 7.43. The molecule has 1 aromatic heterocycles. The third-order valence-electron chi connectivity index (χ3n) is 4.04. The Morgan fingerprint density at radius 3 is 3.00 bits per heavy atom. The summed E-state index contributed by atoms with van der Waals surface area (Å²) in [5.41, 5.74) is 1.17. The van der Waals surface area contributed by atoms with Crippen molar-refractivity contribution in [3.8, 4) is 5.75 Å². The molecule has 126 valence electrons. The van der Waals surface area contributed by atoms with Crippen LogP contribution < -0.4 is 10.1 Å². The van der Waals surface area contributed by atoms with Crippen molar-refractivity contribution in [2.24, 2.45) is 16.8 Å². The molecule has 3 rings (SSSR count). The van der Waals surface area contributed by atoms with Gasteiger partial charge in [0.2, 0.25) is 0 Å². The number of anilines is 1. The first-order chi connectivity index (χ1) is 11.6. The Kier molecular flexibility index (Phi) is 5.08. The molecule has 1 aliphatic carbocycles. The van der Waals surface area contributed by atoms with E-state index in [1.807, 2.05) is 25.2 Å². The Labute approximate surface area is 141 Å². The van der Waals surface area contributed by atoms with Gasteiger partial charge in [-0.25, -0.2) is 4.98 Å². The standard InChI is InChI=1S/C19H22FN3O/c1-13-3-5-17(15(9-13)11-20)24-16-7-8-21-19(10-16)23-18-6-4-14(2)12-22-18/h3-8,10,14-15H,9,11-12H2,1-2H3,(H,21,22,23). The molecule has 1 N–H and O–H groups in total. The number of aliphatic imine (C=N–C) groups is 1. The van der Waals surface area contributed by atoms with Gasteiger partial charge in [0.05, 0.1) is 6.67 Å².